The zero-order chi connectivity index (χ0) is 13.4. The summed E-state index contributed by atoms with van der Waals surface area (Å²) in [5, 5.41) is 3.85. The molecule has 5 heteroatoms. The minimum absolute atomic E-state index is 0.436. The second-order valence-electron chi connectivity index (χ2n) is 4.21. The van der Waals surface area contributed by atoms with E-state index in [9.17, 15) is 0 Å². The lowest BCUT2D eigenvalue weighted by molar-refractivity contribution is 0.108. The van der Waals surface area contributed by atoms with Crippen molar-refractivity contribution >= 4 is 11.6 Å². The molecule has 18 heavy (non-hydrogen) atoms. The van der Waals surface area contributed by atoms with Crippen molar-refractivity contribution in [2.75, 3.05) is 19.8 Å². The Balaban J connectivity index is 2.46. The number of rotatable bonds is 8. The van der Waals surface area contributed by atoms with Gasteiger partial charge in [-0.3, -0.25) is 0 Å². The molecule has 0 bridgehead atoms. The van der Waals surface area contributed by atoms with E-state index in [1.165, 1.54) is 0 Å². The Morgan fingerprint density at radius 1 is 1.39 bits per heavy atom. The predicted octanol–water partition coefficient (Wildman–Crippen LogP) is 2.65. The van der Waals surface area contributed by atoms with Crippen LogP contribution in [-0.4, -0.2) is 30.8 Å². The molecular formula is C13H21ClN2O2. The Morgan fingerprint density at radius 3 is 2.78 bits per heavy atom. The highest BCUT2D eigenvalue weighted by molar-refractivity contribution is 6.31. The highest BCUT2D eigenvalue weighted by atomic mass is 35.5. The molecular weight excluding hydrogens is 252 g/mol. The molecule has 0 aromatic carbocycles. The zero-order valence-corrected chi connectivity index (χ0v) is 12.0. The quantitative estimate of drug-likeness (QED) is 0.739. The first-order valence-corrected chi connectivity index (χ1v) is 6.59. The molecule has 102 valence electrons. The Labute approximate surface area is 114 Å². The molecule has 1 aromatic heterocycles. The number of nitrogens with one attached hydrogen (secondary N) is 1. The van der Waals surface area contributed by atoms with Gasteiger partial charge in [-0.1, -0.05) is 25.4 Å². The van der Waals surface area contributed by atoms with Gasteiger partial charge in [-0.15, -0.1) is 0 Å². The largest absolute Gasteiger partial charge is 0.474 e. The van der Waals surface area contributed by atoms with Crippen LogP contribution in [0.3, 0.4) is 0 Å². The summed E-state index contributed by atoms with van der Waals surface area (Å²) in [5.74, 6) is 0.463. The average molecular weight is 273 g/mol. The van der Waals surface area contributed by atoms with Gasteiger partial charge in [0.25, 0.3) is 0 Å². The molecule has 0 saturated carbocycles. The fraction of sp³-hybridized carbons (Fsp3) is 0.615. The number of hydrogen-bond acceptors (Lipinski definition) is 4. The summed E-state index contributed by atoms with van der Waals surface area (Å²) in [6.07, 6.45) is 1.78. The fourth-order valence-electron chi connectivity index (χ4n) is 1.33. The Kier molecular flexibility index (Phi) is 7.01. The van der Waals surface area contributed by atoms with Gasteiger partial charge in [0.2, 0.25) is 5.88 Å². The Morgan fingerprint density at radius 2 is 2.17 bits per heavy atom. The van der Waals surface area contributed by atoms with E-state index in [2.05, 4.69) is 24.1 Å². The molecule has 0 atom stereocenters. The van der Waals surface area contributed by atoms with Crippen LogP contribution in [0, 0.1) is 0 Å². The van der Waals surface area contributed by atoms with Crippen molar-refractivity contribution in [2.24, 2.45) is 0 Å². The summed E-state index contributed by atoms with van der Waals surface area (Å²) in [6.45, 7) is 8.59. The van der Waals surface area contributed by atoms with Gasteiger partial charge in [0.05, 0.1) is 6.61 Å². The molecule has 0 saturated heterocycles. The van der Waals surface area contributed by atoms with E-state index in [0.29, 0.717) is 36.8 Å². The first kappa shape index (κ1) is 15.2. The number of ether oxygens (including phenoxy) is 2. The topological polar surface area (TPSA) is 43.4 Å². The van der Waals surface area contributed by atoms with Gasteiger partial charge in [0.1, 0.15) is 11.6 Å². The maximum absolute atomic E-state index is 6.10. The lowest BCUT2D eigenvalue weighted by atomic mass is 10.2. The van der Waals surface area contributed by atoms with Crippen molar-refractivity contribution in [1.29, 1.82) is 0 Å². The van der Waals surface area contributed by atoms with Gasteiger partial charge in [-0.2, -0.15) is 0 Å². The Bertz CT molecular complexity index is 359. The van der Waals surface area contributed by atoms with Crippen molar-refractivity contribution in [3.63, 3.8) is 0 Å². The average Bonchev–Trinajstić information content (AvgIpc) is 2.34. The normalized spacial score (nSPS) is 10.9. The monoisotopic (exact) mass is 272 g/mol. The third-order valence-electron chi connectivity index (χ3n) is 2.25. The highest BCUT2D eigenvalue weighted by Gasteiger charge is 2.05. The first-order valence-electron chi connectivity index (χ1n) is 6.21. The minimum atomic E-state index is 0.436. The molecule has 4 nitrogen and oxygen atoms in total. The molecule has 1 aromatic rings. The van der Waals surface area contributed by atoms with Gasteiger partial charge in [0, 0.05) is 25.4 Å². The Hall–Kier alpha value is -0.840. The summed E-state index contributed by atoms with van der Waals surface area (Å²) in [6, 6.07) is 2.31. The first-order chi connectivity index (χ1) is 8.63. The van der Waals surface area contributed by atoms with Crippen LogP contribution in [-0.2, 0) is 11.3 Å². The molecule has 1 heterocycles. The number of aromatic nitrogens is 1. The van der Waals surface area contributed by atoms with Crippen LogP contribution in [0.2, 0.25) is 5.02 Å². The van der Waals surface area contributed by atoms with Gasteiger partial charge < -0.3 is 14.8 Å². The van der Waals surface area contributed by atoms with E-state index in [4.69, 9.17) is 21.1 Å². The number of nitrogens with zero attached hydrogens (tertiary/aromatic N) is 1. The zero-order valence-electron chi connectivity index (χ0n) is 11.2. The number of pyridine rings is 1. The lowest BCUT2D eigenvalue weighted by Gasteiger charge is -2.10. The van der Waals surface area contributed by atoms with E-state index in [-0.39, 0.29) is 0 Å². The maximum atomic E-state index is 6.10. The van der Waals surface area contributed by atoms with Crippen molar-refractivity contribution in [3.8, 4) is 5.88 Å². The summed E-state index contributed by atoms with van der Waals surface area (Å²) in [7, 11) is 0. The van der Waals surface area contributed by atoms with Gasteiger partial charge in [-0.25, -0.2) is 4.98 Å². The van der Waals surface area contributed by atoms with Crippen LogP contribution in [0.1, 0.15) is 26.3 Å². The molecule has 1 N–H and O–H groups in total. The SMILES string of the molecule is CCOCCOc1ncc(CNC(C)C)cc1Cl. The van der Waals surface area contributed by atoms with Crippen molar-refractivity contribution in [3.05, 3.63) is 22.8 Å². The van der Waals surface area contributed by atoms with Gasteiger partial charge >= 0.3 is 0 Å². The van der Waals surface area contributed by atoms with Crippen LogP contribution in [0.4, 0.5) is 0 Å². The summed E-state index contributed by atoms with van der Waals surface area (Å²) < 4.78 is 10.6. The van der Waals surface area contributed by atoms with E-state index in [0.717, 1.165) is 12.1 Å². The molecule has 0 fully saturated rings. The summed E-state index contributed by atoms with van der Waals surface area (Å²) in [5.41, 5.74) is 1.05. The smallest absolute Gasteiger partial charge is 0.232 e. The predicted molar refractivity (Wildman–Crippen MR) is 73.2 cm³/mol. The molecule has 0 amide bonds. The van der Waals surface area contributed by atoms with Crippen LogP contribution >= 0.6 is 11.6 Å². The van der Waals surface area contributed by atoms with Crippen LogP contribution < -0.4 is 10.1 Å². The van der Waals surface area contributed by atoms with Crippen LogP contribution in [0.5, 0.6) is 5.88 Å². The van der Waals surface area contributed by atoms with Crippen molar-refractivity contribution in [2.45, 2.75) is 33.4 Å². The van der Waals surface area contributed by atoms with Gasteiger partial charge in [0.15, 0.2) is 0 Å². The fourth-order valence-corrected chi connectivity index (χ4v) is 1.57. The van der Waals surface area contributed by atoms with E-state index < -0.39 is 0 Å². The third kappa shape index (κ3) is 5.67. The lowest BCUT2D eigenvalue weighted by Crippen LogP contribution is -2.21. The van der Waals surface area contributed by atoms with Crippen molar-refractivity contribution in [1.82, 2.24) is 10.3 Å². The molecule has 0 aliphatic heterocycles. The number of hydrogen-bond donors (Lipinski definition) is 1. The minimum Gasteiger partial charge on any atom is -0.474 e. The van der Waals surface area contributed by atoms with E-state index in [1.807, 2.05) is 13.0 Å². The van der Waals surface area contributed by atoms with Crippen LogP contribution in [0.25, 0.3) is 0 Å². The highest BCUT2D eigenvalue weighted by Crippen LogP contribution is 2.22. The number of halogens is 1. The molecule has 1 rings (SSSR count). The third-order valence-corrected chi connectivity index (χ3v) is 2.52. The van der Waals surface area contributed by atoms with E-state index in [1.54, 1.807) is 6.20 Å². The van der Waals surface area contributed by atoms with E-state index >= 15 is 0 Å². The standard InChI is InChI=1S/C13H21ClN2O2/c1-4-17-5-6-18-13-12(14)7-11(9-16-13)8-15-10(2)3/h7,9-10,15H,4-6,8H2,1-3H3. The molecule has 0 unspecified atom stereocenters. The second-order valence-corrected chi connectivity index (χ2v) is 4.62. The van der Waals surface area contributed by atoms with Crippen LogP contribution in [0.15, 0.2) is 12.3 Å². The van der Waals surface area contributed by atoms with Gasteiger partial charge in [-0.05, 0) is 18.6 Å². The molecule has 0 aliphatic rings. The summed E-state index contributed by atoms with van der Waals surface area (Å²) >= 11 is 6.10. The van der Waals surface area contributed by atoms with Crippen molar-refractivity contribution < 1.29 is 9.47 Å². The molecule has 0 aliphatic carbocycles. The summed E-state index contributed by atoms with van der Waals surface area (Å²) in [4.78, 5) is 4.20. The second kappa shape index (κ2) is 8.29. The maximum Gasteiger partial charge on any atom is 0.232 e. The molecule has 0 radical (unpaired) electrons. The molecule has 0 spiro atoms.